The van der Waals surface area contributed by atoms with E-state index in [1.165, 1.54) is 0 Å². The summed E-state index contributed by atoms with van der Waals surface area (Å²) in [6.45, 7) is 2.95. The summed E-state index contributed by atoms with van der Waals surface area (Å²) in [6, 6.07) is 0. The molecule has 3 N–H and O–H groups in total. The third-order valence-corrected chi connectivity index (χ3v) is 2.68. The Morgan fingerprint density at radius 1 is 1.57 bits per heavy atom. The van der Waals surface area contributed by atoms with Crippen molar-refractivity contribution < 1.29 is 9.94 Å². The number of ether oxygens (including phenoxy) is 1. The zero-order chi connectivity index (χ0) is 10.4. The van der Waals surface area contributed by atoms with Gasteiger partial charge in [-0.1, -0.05) is 5.16 Å². The average molecular weight is 201 g/mol. The van der Waals surface area contributed by atoms with Crippen LogP contribution in [0.2, 0.25) is 0 Å². The molecule has 0 atom stereocenters. The maximum absolute atomic E-state index is 8.37. The van der Waals surface area contributed by atoms with Gasteiger partial charge in [-0.05, 0) is 12.8 Å². The summed E-state index contributed by atoms with van der Waals surface area (Å²) >= 11 is 0. The van der Waals surface area contributed by atoms with Crippen LogP contribution < -0.4 is 5.73 Å². The number of hydrogen-bond acceptors (Lipinski definition) is 4. The number of piperidine rings is 1. The average Bonchev–Trinajstić information content (AvgIpc) is 2.26. The highest BCUT2D eigenvalue weighted by molar-refractivity contribution is 5.79. The van der Waals surface area contributed by atoms with Crippen LogP contribution in [0.4, 0.5) is 0 Å². The molecule has 1 saturated heterocycles. The summed E-state index contributed by atoms with van der Waals surface area (Å²) in [5.74, 6) is 0.305. The number of methoxy groups -OCH3 is 1. The number of hydrogen-bond donors (Lipinski definition) is 2. The molecule has 0 amide bonds. The molecule has 82 valence electrons. The first-order valence-corrected chi connectivity index (χ1v) is 4.97. The molecule has 0 aliphatic carbocycles. The Morgan fingerprint density at radius 3 is 2.71 bits per heavy atom. The molecule has 0 spiro atoms. The lowest BCUT2D eigenvalue weighted by atomic mass is 10.1. The molecule has 14 heavy (non-hydrogen) atoms. The molecular formula is C9H19N3O2. The van der Waals surface area contributed by atoms with Crippen molar-refractivity contribution in [3.8, 4) is 0 Å². The number of rotatable bonds is 4. The Labute approximate surface area is 84.5 Å². The van der Waals surface area contributed by atoms with Crippen LogP contribution in [0.15, 0.2) is 5.16 Å². The molecule has 0 saturated carbocycles. The van der Waals surface area contributed by atoms with Crippen LogP contribution in [0.25, 0.3) is 0 Å². The molecule has 1 aliphatic rings. The molecule has 1 aliphatic heterocycles. The molecule has 0 bridgehead atoms. The Balaban J connectivity index is 2.16. The monoisotopic (exact) mass is 201 g/mol. The minimum atomic E-state index is 0.305. The Bertz CT molecular complexity index is 188. The fourth-order valence-electron chi connectivity index (χ4n) is 1.69. The van der Waals surface area contributed by atoms with E-state index in [1.54, 1.807) is 7.11 Å². The third-order valence-electron chi connectivity index (χ3n) is 2.68. The van der Waals surface area contributed by atoms with Crippen molar-refractivity contribution in [2.75, 3.05) is 26.7 Å². The van der Waals surface area contributed by atoms with Crippen LogP contribution in [0.1, 0.15) is 19.3 Å². The van der Waals surface area contributed by atoms with Gasteiger partial charge in [-0.25, -0.2) is 0 Å². The maximum atomic E-state index is 8.37. The second-order valence-electron chi connectivity index (χ2n) is 3.62. The second kappa shape index (κ2) is 5.82. The first-order valence-electron chi connectivity index (χ1n) is 4.97. The van der Waals surface area contributed by atoms with Crippen LogP contribution in [-0.4, -0.2) is 48.8 Å². The number of likely N-dealkylation sites (tertiary alicyclic amines) is 1. The lowest BCUT2D eigenvalue weighted by Gasteiger charge is -2.30. The van der Waals surface area contributed by atoms with E-state index >= 15 is 0 Å². The first kappa shape index (κ1) is 11.3. The van der Waals surface area contributed by atoms with Crippen molar-refractivity contribution in [1.82, 2.24) is 4.90 Å². The van der Waals surface area contributed by atoms with Gasteiger partial charge in [0.05, 0.1) is 6.10 Å². The molecule has 1 heterocycles. The highest BCUT2D eigenvalue weighted by Gasteiger charge is 2.18. The van der Waals surface area contributed by atoms with Gasteiger partial charge in [-0.2, -0.15) is 0 Å². The number of nitrogens with zero attached hydrogens (tertiary/aromatic N) is 2. The van der Waals surface area contributed by atoms with Gasteiger partial charge < -0.3 is 20.6 Å². The SMILES string of the molecule is COC1CCN(CC/C(N)=N/O)CC1. The van der Waals surface area contributed by atoms with Crippen molar-refractivity contribution in [2.24, 2.45) is 10.9 Å². The quantitative estimate of drug-likeness (QED) is 0.296. The van der Waals surface area contributed by atoms with E-state index in [2.05, 4.69) is 10.1 Å². The van der Waals surface area contributed by atoms with Crippen molar-refractivity contribution in [2.45, 2.75) is 25.4 Å². The standard InChI is InChI=1S/C9H19N3O2/c1-14-8-2-5-12(6-3-8)7-4-9(10)11-13/h8,13H,2-7H2,1H3,(H2,10,11). The highest BCUT2D eigenvalue weighted by atomic mass is 16.5. The molecule has 5 heteroatoms. The van der Waals surface area contributed by atoms with Gasteiger partial charge in [0.25, 0.3) is 0 Å². The number of nitrogens with two attached hydrogens (primary N) is 1. The summed E-state index contributed by atoms with van der Waals surface area (Å²) in [5, 5.41) is 11.3. The van der Waals surface area contributed by atoms with Crippen molar-refractivity contribution >= 4 is 5.84 Å². The van der Waals surface area contributed by atoms with Crippen LogP contribution in [0.5, 0.6) is 0 Å². The fraction of sp³-hybridized carbons (Fsp3) is 0.889. The summed E-state index contributed by atoms with van der Waals surface area (Å²) in [4.78, 5) is 2.31. The van der Waals surface area contributed by atoms with Gasteiger partial charge in [0.15, 0.2) is 0 Å². The van der Waals surface area contributed by atoms with Gasteiger partial charge in [0.2, 0.25) is 0 Å². The normalized spacial score (nSPS) is 21.4. The fourth-order valence-corrected chi connectivity index (χ4v) is 1.69. The van der Waals surface area contributed by atoms with Crippen LogP contribution in [-0.2, 0) is 4.74 Å². The summed E-state index contributed by atoms with van der Waals surface area (Å²) in [6.07, 6.45) is 3.20. The van der Waals surface area contributed by atoms with Crippen molar-refractivity contribution in [3.05, 3.63) is 0 Å². The minimum Gasteiger partial charge on any atom is -0.409 e. The van der Waals surface area contributed by atoms with E-state index in [0.717, 1.165) is 32.5 Å². The van der Waals surface area contributed by atoms with Gasteiger partial charge in [0, 0.05) is 33.2 Å². The topological polar surface area (TPSA) is 71.1 Å². The highest BCUT2D eigenvalue weighted by Crippen LogP contribution is 2.12. The molecule has 5 nitrogen and oxygen atoms in total. The molecule has 0 aromatic heterocycles. The lowest BCUT2D eigenvalue weighted by Crippen LogP contribution is -2.38. The predicted molar refractivity (Wildman–Crippen MR) is 54.5 cm³/mol. The maximum Gasteiger partial charge on any atom is 0.140 e. The molecular weight excluding hydrogens is 182 g/mol. The Hall–Kier alpha value is -0.810. The molecule has 1 rings (SSSR count). The van der Waals surface area contributed by atoms with Crippen molar-refractivity contribution in [3.63, 3.8) is 0 Å². The molecule has 1 fully saturated rings. The smallest absolute Gasteiger partial charge is 0.140 e. The molecule has 0 aromatic carbocycles. The second-order valence-corrected chi connectivity index (χ2v) is 3.62. The minimum absolute atomic E-state index is 0.305. The van der Waals surface area contributed by atoms with Crippen LogP contribution in [0, 0.1) is 0 Å². The molecule has 0 unspecified atom stereocenters. The summed E-state index contributed by atoms with van der Waals surface area (Å²) in [7, 11) is 1.76. The van der Waals surface area contributed by atoms with E-state index in [4.69, 9.17) is 15.7 Å². The first-order chi connectivity index (χ1) is 6.76. The number of oxime groups is 1. The summed E-state index contributed by atoms with van der Waals surface area (Å²) in [5.41, 5.74) is 5.39. The van der Waals surface area contributed by atoms with E-state index in [0.29, 0.717) is 18.4 Å². The Morgan fingerprint density at radius 2 is 2.21 bits per heavy atom. The van der Waals surface area contributed by atoms with Crippen molar-refractivity contribution in [1.29, 1.82) is 0 Å². The van der Waals surface area contributed by atoms with E-state index in [9.17, 15) is 0 Å². The van der Waals surface area contributed by atoms with Gasteiger partial charge in [0.1, 0.15) is 5.84 Å². The largest absolute Gasteiger partial charge is 0.409 e. The summed E-state index contributed by atoms with van der Waals surface area (Å²) < 4.78 is 5.27. The van der Waals surface area contributed by atoms with E-state index in [1.807, 2.05) is 0 Å². The molecule has 0 aromatic rings. The zero-order valence-corrected chi connectivity index (χ0v) is 8.65. The zero-order valence-electron chi connectivity index (χ0n) is 8.65. The number of amidine groups is 1. The Kier molecular flexibility index (Phi) is 4.69. The van der Waals surface area contributed by atoms with Gasteiger partial charge >= 0.3 is 0 Å². The molecule has 0 radical (unpaired) electrons. The lowest BCUT2D eigenvalue weighted by molar-refractivity contribution is 0.0419. The van der Waals surface area contributed by atoms with E-state index < -0.39 is 0 Å². The van der Waals surface area contributed by atoms with Crippen LogP contribution >= 0.6 is 0 Å². The van der Waals surface area contributed by atoms with E-state index in [-0.39, 0.29) is 0 Å². The predicted octanol–water partition coefficient (Wildman–Crippen LogP) is 0.234. The van der Waals surface area contributed by atoms with Gasteiger partial charge in [-0.15, -0.1) is 0 Å². The third kappa shape index (κ3) is 3.51. The van der Waals surface area contributed by atoms with Crippen LogP contribution in [0.3, 0.4) is 0 Å². The van der Waals surface area contributed by atoms with Gasteiger partial charge in [-0.3, -0.25) is 0 Å².